The summed E-state index contributed by atoms with van der Waals surface area (Å²) in [7, 11) is 0. The van der Waals surface area contributed by atoms with Gasteiger partial charge in [-0.3, -0.25) is 4.79 Å². The number of halogens is 1. The number of benzene rings is 1. The summed E-state index contributed by atoms with van der Waals surface area (Å²) in [5.74, 6) is 0.201. The van der Waals surface area contributed by atoms with E-state index in [0.29, 0.717) is 0 Å². The summed E-state index contributed by atoms with van der Waals surface area (Å²) in [6.07, 6.45) is 2.08. The van der Waals surface area contributed by atoms with Crippen LogP contribution in [0.4, 0.5) is 0 Å². The Hall–Kier alpha value is -0.580. The molecule has 1 aromatic rings. The van der Waals surface area contributed by atoms with Gasteiger partial charge in [0.15, 0.2) is 0 Å². The Morgan fingerprint density at radius 1 is 1.38 bits per heavy atom. The number of nitrogens with zero attached hydrogens (tertiary/aromatic N) is 1. The van der Waals surface area contributed by atoms with Gasteiger partial charge in [-0.15, -0.1) is 0 Å². The minimum Gasteiger partial charge on any atom is -0.336 e. The fourth-order valence-corrected chi connectivity index (χ4v) is 2.98. The molecule has 1 aliphatic rings. The Morgan fingerprint density at radius 3 is 2.81 bits per heavy atom. The number of amides is 1. The summed E-state index contributed by atoms with van der Waals surface area (Å²) in [6, 6.07) is 6.42. The Bertz CT molecular complexity index is 414. The molecule has 0 bridgehead atoms. The zero-order valence-electron chi connectivity index (χ0n) is 9.66. The molecule has 0 fully saturated rings. The fourth-order valence-electron chi connectivity index (χ4n) is 2.19. The first-order valence-corrected chi connectivity index (χ1v) is 6.77. The van der Waals surface area contributed by atoms with Crippen LogP contribution in [-0.2, 0) is 6.42 Å². The summed E-state index contributed by atoms with van der Waals surface area (Å²) >= 11 is 2.26. The van der Waals surface area contributed by atoms with Crippen molar-refractivity contribution in [3.05, 3.63) is 32.9 Å². The third kappa shape index (κ3) is 2.10. The van der Waals surface area contributed by atoms with Crippen LogP contribution in [-0.4, -0.2) is 23.4 Å². The molecule has 1 aromatic carbocycles. The zero-order chi connectivity index (χ0) is 11.7. The minimum absolute atomic E-state index is 0.201. The summed E-state index contributed by atoms with van der Waals surface area (Å²) in [5, 5.41) is 0. The van der Waals surface area contributed by atoms with Gasteiger partial charge in [0.05, 0.1) is 5.56 Å². The molecule has 16 heavy (non-hydrogen) atoms. The largest absolute Gasteiger partial charge is 0.336 e. The van der Waals surface area contributed by atoms with E-state index in [1.165, 1.54) is 5.56 Å². The van der Waals surface area contributed by atoms with Crippen molar-refractivity contribution in [1.29, 1.82) is 0 Å². The van der Waals surface area contributed by atoms with Gasteiger partial charge in [0, 0.05) is 16.2 Å². The van der Waals surface area contributed by atoms with Crippen LogP contribution in [0.2, 0.25) is 0 Å². The molecule has 0 spiro atoms. The number of hydrogen-bond acceptors (Lipinski definition) is 1. The molecule has 3 heteroatoms. The predicted molar refractivity (Wildman–Crippen MR) is 73.7 cm³/mol. The van der Waals surface area contributed by atoms with Gasteiger partial charge < -0.3 is 4.90 Å². The maximum Gasteiger partial charge on any atom is 0.255 e. The number of carbonyl (C=O) groups excluding carboxylic acids is 1. The van der Waals surface area contributed by atoms with E-state index < -0.39 is 0 Å². The van der Waals surface area contributed by atoms with E-state index in [0.717, 1.165) is 28.5 Å². The highest BCUT2D eigenvalue weighted by Crippen LogP contribution is 2.24. The number of rotatable bonds is 1. The molecule has 0 N–H and O–H groups in total. The lowest BCUT2D eigenvalue weighted by Crippen LogP contribution is -2.37. The molecule has 0 radical (unpaired) electrons. The summed E-state index contributed by atoms with van der Waals surface area (Å²) in [5.41, 5.74) is 2.13. The second kappa shape index (κ2) is 4.73. The molecule has 2 rings (SSSR count). The van der Waals surface area contributed by atoms with Crippen molar-refractivity contribution in [2.24, 2.45) is 0 Å². The number of fused-ring (bicyclic) bond motifs is 1. The van der Waals surface area contributed by atoms with E-state index in [1.807, 2.05) is 17.0 Å². The highest BCUT2D eigenvalue weighted by molar-refractivity contribution is 14.1. The SMILES string of the molecule is CC(C)N1CCCc2cccc(I)c2C1=O. The molecule has 0 saturated carbocycles. The molecule has 0 atom stereocenters. The first-order chi connectivity index (χ1) is 7.61. The van der Waals surface area contributed by atoms with Gasteiger partial charge in [-0.25, -0.2) is 0 Å². The van der Waals surface area contributed by atoms with Gasteiger partial charge in [-0.05, 0) is 60.9 Å². The molecule has 1 heterocycles. The van der Waals surface area contributed by atoms with Gasteiger partial charge >= 0.3 is 0 Å². The minimum atomic E-state index is 0.201. The van der Waals surface area contributed by atoms with Crippen molar-refractivity contribution in [2.45, 2.75) is 32.7 Å². The molecule has 1 amide bonds. The van der Waals surface area contributed by atoms with Crippen molar-refractivity contribution in [3.63, 3.8) is 0 Å². The van der Waals surface area contributed by atoms with Gasteiger partial charge in [0.25, 0.3) is 5.91 Å². The van der Waals surface area contributed by atoms with Crippen molar-refractivity contribution < 1.29 is 4.79 Å². The van der Waals surface area contributed by atoms with Gasteiger partial charge in [0.2, 0.25) is 0 Å². The zero-order valence-corrected chi connectivity index (χ0v) is 11.8. The smallest absolute Gasteiger partial charge is 0.255 e. The van der Waals surface area contributed by atoms with Crippen molar-refractivity contribution in [3.8, 4) is 0 Å². The van der Waals surface area contributed by atoms with Gasteiger partial charge in [0.1, 0.15) is 0 Å². The normalized spacial score (nSPS) is 16.2. The lowest BCUT2D eigenvalue weighted by atomic mass is 10.0. The third-order valence-electron chi connectivity index (χ3n) is 3.04. The predicted octanol–water partition coefficient (Wildman–Crippen LogP) is 3.09. The van der Waals surface area contributed by atoms with Crippen molar-refractivity contribution in [2.75, 3.05) is 6.54 Å². The van der Waals surface area contributed by atoms with E-state index in [-0.39, 0.29) is 11.9 Å². The molecule has 2 nitrogen and oxygen atoms in total. The van der Waals surface area contributed by atoms with E-state index >= 15 is 0 Å². The lowest BCUT2D eigenvalue weighted by molar-refractivity contribution is 0.0711. The Balaban J connectivity index is 2.47. The van der Waals surface area contributed by atoms with Crippen molar-refractivity contribution in [1.82, 2.24) is 4.90 Å². The summed E-state index contributed by atoms with van der Waals surface area (Å²) in [4.78, 5) is 14.4. The Morgan fingerprint density at radius 2 is 2.12 bits per heavy atom. The van der Waals surface area contributed by atoms with E-state index in [4.69, 9.17) is 0 Å². The molecule has 0 saturated heterocycles. The fraction of sp³-hybridized carbons (Fsp3) is 0.462. The molecular weight excluding hydrogens is 313 g/mol. The monoisotopic (exact) mass is 329 g/mol. The van der Waals surface area contributed by atoms with E-state index in [1.54, 1.807) is 0 Å². The summed E-state index contributed by atoms with van der Waals surface area (Å²) < 4.78 is 1.08. The lowest BCUT2D eigenvalue weighted by Gasteiger charge is -2.25. The van der Waals surface area contributed by atoms with Crippen LogP contribution >= 0.6 is 22.6 Å². The Labute approximate surface area is 110 Å². The Kier molecular flexibility index (Phi) is 3.52. The van der Waals surface area contributed by atoms with Crippen LogP contribution in [0.25, 0.3) is 0 Å². The third-order valence-corrected chi connectivity index (χ3v) is 3.94. The molecule has 0 unspecified atom stereocenters. The average Bonchev–Trinajstić information content (AvgIpc) is 2.38. The van der Waals surface area contributed by atoms with E-state index in [2.05, 4.69) is 42.5 Å². The highest BCUT2D eigenvalue weighted by Gasteiger charge is 2.25. The second-order valence-electron chi connectivity index (χ2n) is 4.47. The van der Waals surface area contributed by atoms with Crippen LogP contribution < -0.4 is 0 Å². The first kappa shape index (κ1) is 11.9. The number of hydrogen-bond donors (Lipinski definition) is 0. The molecule has 0 aromatic heterocycles. The molecular formula is C13H16INO. The number of aryl methyl sites for hydroxylation is 1. The maximum atomic E-state index is 12.4. The molecule has 86 valence electrons. The molecule has 1 aliphatic heterocycles. The second-order valence-corrected chi connectivity index (χ2v) is 5.63. The quantitative estimate of drug-likeness (QED) is 0.725. The number of carbonyl (C=O) groups is 1. The van der Waals surface area contributed by atoms with Gasteiger partial charge in [-0.2, -0.15) is 0 Å². The maximum absolute atomic E-state index is 12.4. The average molecular weight is 329 g/mol. The van der Waals surface area contributed by atoms with Crippen molar-refractivity contribution >= 4 is 28.5 Å². The van der Waals surface area contributed by atoms with Gasteiger partial charge in [-0.1, -0.05) is 12.1 Å². The topological polar surface area (TPSA) is 20.3 Å². The van der Waals surface area contributed by atoms with Crippen LogP contribution in [0.1, 0.15) is 36.2 Å². The first-order valence-electron chi connectivity index (χ1n) is 5.69. The standard InChI is InChI=1S/C13H16INO/c1-9(2)15-8-4-6-10-5-3-7-11(14)12(10)13(15)16/h3,5,7,9H,4,6,8H2,1-2H3. The van der Waals surface area contributed by atoms with Crippen LogP contribution in [0, 0.1) is 3.57 Å². The highest BCUT2D eigenvalue weighted by atomic mass is 127. The summed E-state index contributed by atoms with van der Waals surface area (Å²) in [6.45, 7) is 5.04. The van der Waals surface area contributed by atoms with Crippen LogP contribution in [0.5, 0.6) is 0 Å². The van der Waals surface area contributed by atoms with E-state index in [9.17, 15) is 4.79 Å². The van der Waals surface area contributed by atoms with Crippen LogP contribution in [0.3, 0.4) is 0 Å². The molecule has 0 aliphatic carbocycles. The van der Waals surface area contributed by atoms with Crippen LogP contribution in [0.15, 0.2) is 18.2 Å².